The summed E-state index contributed by atoms with van der Waals surface area (Å²) in [6, 6.07) is 25.4. The predicted molar refractivity (Wildman–Crippen MR) is 150 cm³/mol. The van der Waals surface area contributed by atoms with Crippen molar-refractivity contribution in [2.24, 2.45) is 0 Å². The van der Waals surface area contributed by atoms with Gasteiger partial charge in [0.1, 0.15) is 17.6 Å². The van der Waals surface area contributed by atoms with E-state index in [2.05, 4.69) is 33.5 Å². The molecule has 2 N–H and O–H groups in total. The summed E-state index contributed by atoms with van der Waals surface area (Å²) in [6.07, 6.45) is 3.91. The first kappa shape index (κ1) is 26.5. The fraction of sp³-hybridized carbons (Fsp3) is 0.258. The Morgan fingerprint density at radius 1 is 1.08 bits per heavy atom. The van der Waals surface area contributed by atoms with Gasteiger partial charge in [-0.25, -0.2) is 4.98 Å². The quantitative estimate of drug-likeness (QED) is 0.278. The number of hydrogen-bond donors (Lipinski definition) is 2. The van der Waals surface area contributed by atoms with Crippen LogP contribution in [0.15, 0.2) is 79.0 Å². The van der Waals surface area contributed by atoms with E-state index in [0.29, 0.717) is 49.0 Å². The van der Waals surface area contributed by atoms with Gasteiger partial charge in [-0.3, -0.25) is 4.79 Å². The number of carbonyl (C=O) groups is 1. The second-order valence-corrected chi connectivity index (χ2v) is 10.1. The molecule has 39 heavy (non-hydrogen) atoms. The average Bonchev–Trinajstić information content (AvgIpc) is 3.54. The molecule has 1 aliphatic heterocycles. The normalized spacial score (nSPS) is 14.9. The van der Waals surface area contributed by atoms with Gasteiger partial charge in [-0.05, 0) is 47.4 Å². The van der Waals surface area contributed by atoms with E-state index in [1.54, 1.807) is 12.3 Å². The van der Waals surface area contributed by atoms with E-state index in [-0.39, 0.29) is 11.9 Å². The van der Waals surface area contributed by atoms with Crippen molar-refractivity contribution < 1.29 is 9.53 Å². The second-order valence-electron chi connectivity index (χ2n) is 9.67. The molecule has 1 amide bonds. The molecule has 0 aliphatic carbocycles. The van der Waals surface area contributed by atoms with Gasteiger partial charge < -0.3 is 19.9 Å². The van der Waals surface area contributed by atoms with E-state index < -0.39 is 0 Å². The molecule has 8 heteroatoms. The van der Waals surface area contributed by atoms with Gasteiger partial charge in [0.15, 0.2) is 0 Å². The van der Waals surface area contributed by atoms with Crippen LogP contribution in [0.3, 0.4) is 0 Å². The van der Waals surface area contributed by atoms with E-state index in [9.17, 15) is 10.1 Å². The molecule has 2 heterocycles. The zero-order valence-electron chi connectivity index (χ0n) is 21.6. The Balaban J connectivity index is 1.13. The Kier molecular flexibility index (Phi) is 8.57. The molecule has 1 aliphatic rings. The molecule has 1 aromatic heterocycles. The number of H-pyrrole nitrogens is 1. The summed E-state index contributed by atoms with van der Waals surface area (Å²) in [6.45, 7) is 2.30. The van der Waals surface area contributed by atoms with Crippen LogP contribution in [-0.4, -0.2) is 40.0 Å². The highest BCUT2D eigenvalue weighted by Gasteiger charge is 2.31. The molecule has 0 spiro atoms. The lowest BCUT2D eigenvalue weighted by molar-refractivity contribution is -0.129. The molecular weight excluding hydrogens is 510 g/mol. The van der Waals surface area contributed by atoms with Crippen molar-refractivity contribution in [3.8, 4) is 11.8 Å². The van der Waals surface area contributed by atoms with Gasteiger partial charge in [-0.15, -0.1) is 0 Å². The number of nitrogens with zero attached hydrogens (tertiary/aromatic N) is 3. The van der Waals surface area contributed by atoms with Crippen molar-refractivity contribution in [1.82, 2.24) is 20.2 Å². The fourth-order valence-corrected chi connectivity index (χ4v) is 4.98. The number of ether oxygens (including phenoxy) is 1. The Bertz CT molecular complexity index is 1460. The Labute approximate surface area is 233 Å². The second kappa shape index (κ2) is 12.6. The first-order valence-corrected chi connectivity index (χ1v) is 13.4. The van der Waals surface area contributed by atoms with Crippen LogP contribution in [0.5, 0.6) is 5.75 Å². The minimum absolute atomic E-state index is 0.104. The summed E-state index contributed by atoms with van der Waals surface area (Å²) < 4.78 is 5.97. The van der Waals surface area contributed by atoms with Crippen LogP contribution in [0, 0.1) is 11.3 Å². The van der Waals surface area contributed by atoms with Gasteiger partial charge in [0.25, 0.3) is 0 Å². The van der Waals surface area contributed by atoms with Gasteiger partial charge >= 0.3 is 0 Å². The first-order chi connectivity index (χ1) is 19.1. The molecule has 0 bridgehead atoms. The van der Waals surface area contributed by atoms with E-state index in [1.807, 2.05) is 59.5 Å². The maximum Gasteiger partial charge on any atom is 0.240 e. The number of nitriles is 1. The maximum atomic E-state index is 12.9. The van der Waals surface area contributed by atoms with Crippen LogP contribution in [0.25, 0.3) is 0 Å². The van der Waals surface area contributed by atoms with E-state index in [4.69, 9.17) is 16.3 Å². The molecule has 1 atom stereocenters. The molecular formula is C31H30ClN5O2. The lowest BCUT2D eigenvalue weighted by Gasteiger charge is -2.17. The van der Waals surface area contributed by atoms with Crippen LogP contribution in [0.4, 0.5) is 0 Å². The first-order valence-electron chi connectivity index (χ1n) is 13.1. The highest BCUT2D eigenvalue weighted by molar-refractivity contribution is 6.30. The summed E-state index contributed by atoms with van der Waals surface area (Å²) >= 11 is 6.08. The van der Waals surface area contributed by atoms with Crippen LogP contribution >= 0.6 is 11.6 Å². The number of carbonyl (C=O) groups excluding carboxylic acids is 1. The molecule has 7 nitrogen and oxygen atoms in total. The third-order valence-corrected chi connectivity index (χ3v) is 7.04. The zero-order chi connectivity index (χ0) is 27.0. The van der Waals surface area contributed by atoms with E-state index in [1.165, 1.54) is 5.56 Å². The molecule has 0 saturated carbocycles. The largest absolute Gasteiger partial charge is 0.492 e. The summed E-state index contributed by atoms with van der Waals surface area (Å²) in [5.41, 5.74) is 4.65. The molecule has 1 fully saturated rings. The van der Waals surface area contributed by atoms with Crippen molar-refractivity contribution in [2.75, 3.05) is 13.2 Å². The number of hydrogen-bond acceptors (Lipinski definition) is 5. The predicted octanol–water partition coefficient (Wildman–Crippen LogP) is 5.04. The van der Waals surface area contributed by atoms with Crippen molar-refractivity contribution in [3.05, 3.63) is 118 Å². The summed E-state index contributed by atoms with van der Waals surface area (Å²) in [4.78, 5) is 22.6. The van der Waals surface area contributed by atoms with Crippen LogP contribution in [0.2, 0.25) is 5.02 Å². The van der Waals surface area contributed by atoms with Crippen LogP contribution in [-0.2, 0) is 30.7 Å². The summed E-state index contributed by atoms with van der Waals surface area (Å²) in [5.74, 6) is 1.50. The highest BCUT2D eigenvalue weighted by atomic mass is 35.5. The average molecular weight is 540 g/mol. The van der Waals surface area contributed by atoms with Crippen molar-refractivity contribution in [1.29, 1.82) is 5.26 Å². The lowest BCUT2D eigenvalue weighted by atomic mass is 10.1. The van der Waals surface area contributed by atoms with Crippen molar-refractivity contribution >= 4 is 17.5 Å². The third-order valence-electron chi connectivity index (χ3n) is 6.81. The van der Waals surface area contributed by atoms with Gasteiger partial charge in [-0.2, -0.15) is 5.26 Å². The molecule has 4 aromatic rings. The van der Waals surface area contributed by atoms with Crippen LogP contribution < -0.4 is 10.1 Å². The SMILES string of the molecule is N#Cc1ccc(Cc2ncc(CNC3CCN(Cc4cccc(Cl)c4)C3=O)[nH]2)cc1OCCc1ccccc1. The third kappa shape index (κ3) is 7.05. The molecule has 5 rings (SSSR count). The fourth-order valence-electron chi connectivity index (χ4n) is 4.76. The number of aromatic amines is 1. The number of imidazole rings is 1. The number of halogens is 1. The summed E-state index contributed by atoms with van der Waals surface area (Å²) in [5, 5.41) is 13.5. The Hall–Kier alpha value is -4.12. The molecule has 3 aromatic carbocycles. The van der Waals surface area contributed by atoms with Gasteiger partial charge in [0.2, 0.25) is 5.91 Å². The highest BCUT2D eigenvalue weighted by Crippen LogP contribution is 2.22. The Morgan fingerprint density at radius 3 is 2.74 bits per heavy atom. The number of nitrogens with one attached hydrogen (secondary N) is 2. The molecule has 0 radical (unpaired) electrons. The van der Waals surface area contributed by atoms with E-state index >= 15 is 0 Å². The summed E-state index contributed by atoms with van der Waals surface area (Å²) in [7, 11) is 0. The standard InChI is InChI=1S/C31H30ClN5O2/c32-26-8-4-7-24(15-26)21-37-13-11-28(31(37)38)34-19-27-20-35-30(36-27)17-23-9-10-25(18-33)29(16-23)39-14-12-22-5-2-1-3-6-22/h1-10,15-16,20,28,34H,11-14,17,19,21H2,(H,35,36). The number of amides is 1. The number of aromatic nitrogens is 2. The van der Waals surface area contributed by atoms with Gasteiger partial charge in [0.05, 0.1) is 18.2 Å². The monoisotopic (exact) mass is 539 g/mol. The van der Waals surface area contributed by atoms with Gasteiger partial charge in [-0.1, -0.05) is 60.1 Å². The molecule has 1 unspecified atom stereocenters. The van der Waals surface area contributed by atoms with Crippen LogP contribution in [0.1, 0.15) is 40.2 Å². The smallest absolute Gasteiger partial charge is 0.240 e. The van der Waals surface area contributed by atoms with Crippen molar-refractivity contribution in [3.63, 3.8) is 0 Å². The number of rotatable bonds is 11. The van der Waals surface area contributed by atoms with Crippen molar-refractivity contribution in [2.45, 2.75) is 38.4 Å². The molecule has 1 saturated heterocycles. The molecule has 198 valence electrons. The Morgan fingerprint density at radius 2 is 1.92 bits per heavy atom. The lowest BCUT2D eigenvalue weighted by Crippen LogP contribution is -2.37. The topological polar surface area (TPSA) is 94.0 Å². The maximum absolute atomic E-state index is 12.9. The van der Waals surface area contributed by atoms with Gasteiger partial charge in [0, 0.05) is 49.4 Å². The minimum atomic E-state index is -0.218. The zero-order valence-corrected chi connectivity index (χ0v) is 22.3. The van der Waals surface area contributed by atoms with E-state index in [0.717, 1.165) is 35.5 Å². The minimum Gasteiger partial charge on any atom is -0.492 e. The number of likely N-dealkylation sites (tertiary alicyclic amines) is 1. The number of benzene rings is 3.